The molecule has 2 aromatic carbocycles. The number of hydrogen-bond acceptors (Lipinski definition) is 3. The molecule has 0 atom stereocenters. The van der Waals surface area contributed by atoms with Crippen LogP contribution in [-0.4, -0.2) is 22.4 Å². The summed E-state index contributed by atoms with van der Waals surface area (Å²) in [5.74, 6) is -0.716. The summed E-state index contributed by atoms with van der Waals surface area (Å²) >= 11 is 0. The van der Waals surface area contributed by atoms with Gasteiger partial charge in [0.2, 0.25) is 0 Å². The molecule has 0 aliphatic heterocycles. The molecule has 0 radical (unpaired) electrons. The first-order valence-corrected chi connectivity index (χ1v) is 8.38. The smallest absolute Gasteiger partial charge is 0.267 e. The normalized spacial score (nSPS) is 11.3. The Morgan fingerprint density at radius 2 is 1.24 bits per heavy atom. The van der Waals surface area contributed by atoms with Gasteiger partial charge in [0.25, 0.3) is 11.8 Å². The van der Waals surface area contributed by atoms with Crippen molar-refractivity contribution >= 4 is 11.8 Å². The van der Waals surface area contributed by atoms with Crippen molar-refractivity contribution in [3.8, 4) is 0 Å². The quantitative estimate of drug-likeness (QED) is 0.674. The predicted octanol–water partition coefficient (Wildman–Crippen LogP) is 4.20. The molecule has 0 spiro atoms. The maximum absolute atomic E-state index is 13.1. The molecule has 4 nitrogen and oxygen atoms in total. The average Bonchev–Trinajstić information content (AvgIpc) is 2.50. The van der Waals surface area contributed by atoms with Gasteiger partial charge in [-0.2, -0.15) is 0 Å². The molecule has 0 bridgehead atoms. The van der Waals surface area contributed by atoms with E-state index in [4.69, 9.17) is 0 Å². The highest BCUT2D eigenvalue weighted by molar-refractivity contribution is 6.10. The third-order valence-electron chi connectivity index (χ3n) is 3.62. The van der Waals surface area contributed by atoms with Crippen LogP contribution in [0.3, 0.4) is 0 Å². The van der Waals surface area contributed by atoms with Crippen molar-refractivity contribution in [3.05, 3.63) is 70.3 Å². The van der Waals surface area contributed by atoms with Gasteiger partial charge in [-0.05, 0) is 65.8 Å². The molecule has 4 heteroatoms. The van der Waals surface area contributed by atoms with Crippen molar-refractivity contribution in [2.75, 3.05) is 0 Å². The Kier molecular flexibility index (Phi) is 5.43. The van der Waals surface area contributed by atoms with Crippen LogP contribution in [0.4, 0.5) is 0 Å². The maximum atomic E-state index is 13.1. The highest BCUT2D eigenvalue weighted by Crippen LogP contribution is 2.15. The molecule has 2 amide bonds. The highest BCUT2D eigenvalue weighted by Gasteiger charge is 2.28. The molecule has 25 heavy (non-hydrogen) atoms. The van der Waals surface area contributed by atoms with Gasteiger partial charge in [0.15, 0.2) is 0 Å². The molecule has 0 aliphatic rings. The van der Waals surface area contributed by atoms with Crippen LogP contribution in [0.5, 0.6) is 0 Å². The predicted molar refractivity (Wildman–Crippen MR) is 100 cm³/mol. The Hall–Kier alpha value is -2.46. The number of amides is 2. The topological polar surface area (TPSA) is 49.4 Å². The van der Waals surface area contributed by atoms with Gasteiger partial charge < -0.3 is 0 Å². The van der Waals surface area contributed by atoms with E-state index in [1.807, 2.05) is 59.7 Å². The van der Waals surface area contributed by atoms with Crippen LogP contribution in [0.25, 0.3) is 0 Å². The second-order valence-corrected chi connectivity index (χ2v) is 7.55. The van der Waals surface area contributed by atoms with Crippen molar-refractivity contribution in [3.63, 3.8) is 0 Å². The summed E-state index contributed by atoms with van der Waals surface area (Å²) in [4.78, 5) is 26.0. The molecule has 0 aromatic heterocycles. The van der Waals surface area contributed by atoms with Gasteiger partial charge in [0, 0.05) is 16.7 Å². The maximum Gasteiger partial charge on any atom is 0.275 e. The number of hydrogen-bond donors (Lipinski definition) is 1. The van der Waals surface area contributed by atoms with Gasteiger partial charge in [-0.1, -0.05) is 34.9 Å². The van der Waals surface area contributed by atoms with Gasteiger partial charge >= 0.3 is 0 Å². The van der Waals surface area contributed by atoms with Crippen LogP contribution in [0.1, 0.15) is 58.2 Å². The van der Waals surface area contributed by atoms with E-state index in [0.717, 1.165) is 21.7 Å². The zero-order valence-corrected chi connectivity index (χ0v) is 15.8. The molecular weight excluding hydrogens is 312 g/mol. The van der Waals surface area contributed by atoms with E-state index in [-0.39, 0.29) is 11.8 Å². The van der Waals surface area contributed by atoms with E-state index in [0.29, 0.717) is 11.1 Å². The van der Waals surface area contributed by atoms with Gasteiger partial charge in [-0.25, -0.2) is 10.4 Å². The Morgan fingerprint density at radius 3 is 1.72 bits per heavy atom. The summed E-state index contributed by atoms with van der Waals surface area (Å²) in [7, 11) is 0. The molecular formula is C21H26N2O2. The summed E-state index contributed by atoms with van der Waals surface area (Å²) in [5.41, 5.74) is 6.61. The summed E-state index contributed by atoms with van der Waals surface area (Å²) in [6.07, 6.45) is 0. The van der Waals surface area contributed by atoms with E-state index in [2.05, 4.69) is 5.43 Å². The number of benzene rings is 2. The van der Waals surface area contributed by atoms with Gasteiger partial charge in [0.05, 0.1) is 0 Å². The molecule has 0 saturated heterocycles. The van der Waals surface area contributed by atoms with E-state index < -0.39 is 5.54 Å². The largest absolute Gasteiger partial charge is 0.275 e. The van der Waals surface area contributed by atoms with Crippen LogP contribution >= 0.6 is 0 Å². The fourth-order valence-electron chi connectivity index (χ4n) is 2.58. The number of rotatable bonds is 3. The van der Waals surface area contributed by atoms with Crippen LogP contribution in [0.15, 0.2) is 42.5 Å². The third kappa shape index (κ3) is 5.00. The lowest BCUT2D eigenvalue weighted by Gasteiger charge is -2.30. The summed E-state index contributed by atoms with van der Waals surface area (Å²) < 4.78 is 0. The standard InChI is InChI=1S/C21H26N2O2/c1-14-7-9-17(10-8-14)19(24)23(22-21(4,5)6)20(25)18-12-15(2)11-16(3)13-18/h7-13,22H,1-6H3. The fraction of sp³-hybridized carbons (Fsp3) is 0.333. The van der Waals surface area contributed by atoms with Gasteiger partial charge in [0.1, 0.15) is 0 Å². The molecule has 0 fully saturated rings. The molecule has 1 N–H and O–H groups in total. The van der Waals surface area contributed by atoms with E-state index in [1.54, 1.807) is 24.3 Å². The van der Waals surface area contributed by atoms with Crippen molar-refractivity contribution in [1.29, 1.82) is 0 Å². The molecule has 2 rings (SSSR count). The molecule has 2 aromatic rings. The first kappa shape index (κ1) is 18.9. The van der Waals surface area contributed by atoms with Crippen molar-refractivity contribution < 1.29 is 9.59 Å². The number of carbonyl (C=O) groups excluding carboxylic acids is 2. The number of nitrogens with zero attached hydrogens (tertiary/aromatic N) is 1. The zero-order chi connectivity index (χ0) is 18.8. The van der Waals surface area contributed by atoms with Gasteiger partial charge in [-0.3, -0.25) is 9.59 Å². The number of nitrogens with one attached hydrogen (secondary N) is 1. The Balaban J connectivity index is 2.42. The number of carbonyl (C=O) groups is 2. The molecule has 0 unspecified atom stereocenters. The minimum Gasteiger partial charge on any atom is -0.267 e. The van der Waals surface area contributed by atoms with E-state index in [1.165, 1.54) is 0 Å². The minimum absolute atomic E-state index is 0.354. The van der Waals surface area contributed by atoms with Gasteiger partial charge in [-0.15, -0.1) is 0 Å². The van der Waals surface area contributed by atoms with Crippen molar-refractivity contribution in [2.45, 2.75) is 47.1 Å². The summed E-state index contributed by atoms with van der Waals surface area (Å²) in [6.45, 7) is 11.6. The second kappa shape index (κ2) is 7.19. The number of imide groups is 1. The molecule has 0 saturated carbocycles. The Morgan fingerprint density at radius 1 is 0.760 bits per heavy atom. The first-order chi connectivity index (χ1) is 11.6. The SMILES string of the molecule is Cc1ccc(C(=O)N(NC(C)(C)C)C(=O)c2cc(C)cc(C)c2)cc1. The van der Waals surface area contributed by atoms with E-state index in [9.17, 15) is 9.59 Å². The Labute approximate surface area is 149 Å². The lowest BCUT2D eigenvalue weighted by Crippen LogP contribution is -2.54. The van der Waals surface area contributed by atoms with Crippen LogP contribution in [0, 0.1) is 20.8 Å². The van der Waals surface area contributed by atoms with Crippen molar-refractivity contribution in [1.82, 2.24) is 10.4 Å². The molecule has 0 aliphatic carbocycles. The minimum atomic E-state index is -0.436. The number of aryl methyl sites for hydroxylation is 3. The zero-order valence-electron chi connectivity index (χ0n) is 15.8. The van der Waals surface area contributed by atoms with Crippen LogP contribution < -0.4 is 5.43 Å². The first-order valence-electron chi connectivity index (χ1n) is 8.38. The second-order valence-electron chi connectivity index (χ2n) is 7.55. The summed E-state index contributed by atoms with van der Waals surface area (Å²) in [5, 5.41) is 1.12. The van der Waals surface area contributed by atoms with Crippen LogP contribution in [0.2, 0.25) is 0 Å². The monoisotopic (exact) mass is 338 g/mol. The lowest BCUT2D eigenvalue weighted by atomic mass is 10.1. The Bertz CT molecular complexity index is 766. The van der Waals surface area contributed by atoms with Crippen molar-refractivity contribution in [2.24, 2.45) is 0 Å². The molecule has 132 valence electrons. The van der Waals surface area contributed by atoms with Crippen LogP contribution in [-0.2, 0) is 0 Å². The molecule has 0 heterocycles. The van der Waals surface area contributed by atoms with E-state index >= 15 is 0 Å². The highest BCUT2D eigenvalue weighted by atomic mass is 16.2. The lowest BCUT2D eigenvalue weighted by molar-refractivity contribution is 0.0452. The fourth-order valence-corrected chi connectivity index (χ4v) is 2.58. The summed E-state index contributed by atoms with van der Waals surface area (Å²) in [6, 6.07) is 12.8. The number of hydrazine groups is 1. The average molecular weight is 338 g/mol. The third-order valence-corrected chi connectivity index (χ3v) is 3.62.